The van der Waals surface area contributed by atoms with E-state index in [0.717, 1.165) is 38.5 Å². The first-order valence-corrected chi connectivity index (χ1v) is 13.6. The molecule has 1 aromatic heterocycles. The zero-order valence-corrected chi connectivity index (χ0v) is 20.0. The van der Waals surface area contributed by atoms with E-state index >= 15 is 0 Å². The number of fused-ring (bicyclic) bond motifs is 6. The van der Waals surface area contributed by atoms with Crippen molar-refractivity contribution in [1.82, 2.24) is 4.57 Å². The Bertz CT molecular complexity index is 1910. The van der Waals surface area contributed by atoms with Crippen LogP contribution in [0.25, 0.3) is 49.7 Å². The first-order valence-electron chi connectivity index (χ1n) is 11.6. The second-order valence-electron chi connectivity index (χ2n) is 9.04. The fourth-order valence-electron chi connectivity index (χ4n) is 5.27. The maximum Gasteiger partial charge on any atom is 0.0812 e. The van der Waals surface area contributed by atoms with Crippen molar-refractivity contribution in [2.45, 2.75) is 4.90 Å². The molecule has 2 heterocycles. The molecule has 0 amide bonds. The largest absolute Gasteiger partial charge is 0.309 e. The highest BCUT2D eigenvalue weighted by Gasteiger charge is 2.22. The molecule has 35 heavy (non-hydrogen) atoms. The average Bonchev–Trinajstić information content (AvgIpc) is 3.23. The summed E-state index contributed by atoms with van der Waals surface area (Å²) in [5.74, 6) is 0. The van der Waals surface area contributed by atoms with Gasteiger partial charge in [-0.05, 0) is 59.7 Å². The molecule has 0 bridgehead atoms. The lowest BCUT2D eigenvalue weighted by molar-refractivity contribution is 0.680. The number of para-hydroxylation sites is 2. The van der Waals surface area contributed by atoms with Crippen LogP contribution in [0.5, 0.6) is 0 Å². The van der Waals surface area contributed by atoms with Gasteiger partial charge in [0.15, 0.2) is 0 Å². The van der Waals surface area contributed by atoms with Crippen molar-refractivity contribution >= 4 is 37.2 Å². The lowest BCUT2D eigenvalue weighted by atomic mass is 9.96. The standard InChI is InChI=1S/C31H22N2OS/c1-35(34)31-14-8-6-12-25(31)26-19-21(15-17-28(26)32-35)22-16-18-30-27(20-22)24-11-5-7-13-29(24)33(30)23-9-3-2-4-10-23/h2-20H,1H3. The normalized spacial score (nSPS) is 16.6. The highest BCUT2D eigenvalue weighted by molar-refractivity contribution is 7.93. The van der Waals surface area contributed by atoms with E-state index < -0.39 is 9.73 Å². The number of hydrogen-bond donors (Lipinski definition) is 0. The molecule has 1 aliphatic heterocycles. The van der Waals surface area contributed by atoms with Gasteiger partial charge in [0, 0.05) is 33.8 Å². The molecule has 5 aromatic carbocycles. The molecule has 4 heteroatoms. The molecule has 1 aliphatic rings. The summed E-state index contributed by atoms with van der Waals surface area (Å²) in [5, 5.41) is 2.46. The second kappa shape index (κ2) is 7.42. The van der Waals surface area contributed by atoms with Gasteiger partial charge in [0.25, 0.3) is 0 Å². The van der Waals surface area contributed by atoms with Gasteiger partial charge in [-0.15, -0.1) is 0 Å². The van der Waals surface area contributed by atoms with E-state index in [2.05, 4.69) is 87.8 Å². The van der Waals surface area contributed by atoms with E-state index in [9.17, 15) is 4.21 Å². The van der Waals surface area contributed by atoms with Crippen LogP contribution in [-0.2, 0) is 9.73 Å². The van der Waals surface area contributed by atoms with Gasteiger partial charge in [-0.1, -0.05) is 66.7 Å². The van der Waals surface area contributed by atoms with Gasteiger partial charge in [0.05, 0.1) is 31.3 Å². The van der Waals surface area contributed by atoms with Crippen molar-refractivity contribution in [2.75, 3.05) is 6.26 Å². The van der Waals surface area contributed by atoms with Crippen molar-refractivity contribution in [2.24, 2.45) is 4.36 Å². The average molecular weight is 471 g/mol. The Morgan fingerprint density at radius 1 is 0.629 bits per heavy atom. The van der Waals surface area contributed by atoms with Gasteiger partial charge in [-0.3, -0.25) is 0 Å². The van der Waals surface area contributed by atoms with E-state index in [-0.39, 0.29) is 0 Å². The number of nitrogens with zero attached hydrogens (tertiary/aromatic N) is 2. The molecule has 6 aromatic rings. The van der Waals surface area contributed by atoms with Crippen molar-refractivity contribution in [3.05, 3.63) is 115 Å². The van der Waals surface area contributed by atoms with E-state index in [0.29, 0.717) is 0 Å². The second-order valence-corrected chi connectivity index (χ2v) is 11.3. The molecule has 7 rings (SSSR count). The molecular formula is C31H22N2OS. The van der Waals surface area contributed by atoms with Crippen molar-refractivity contribution in [3.8, 4) is 27.9 Å². The Hall–Kier alpha value is -4.15. The molecule has 0 saturated heterocycles. The molecule has 1 atom stereocenters. The number of benzene rings is 5. The van der Waals surface area contributed by atoms with Crippen LogP contribution in [0.4, 0.5) is 5.69 Å². The van der Waals surface area contributed by atoms with Crippen LogP contribution in [0.1, 0.15) is 0 Å². The third-order valence-corrected chi connectivity index (χ3v) is 8.59. The van der Waals surface area contributed by atoms with Crippen LogP contribution in [0, 0.1) is 0 Å². The van der Waals surface area contributed by atoms with Gasteiger partial charge in [-0.25, -0.2) is 4.21 Å². The summed E-state index contributed by atoms with van der Waals surface area (Å²) in [6.07, 6.45) is 1.72. The predicted molar refractivity (Wildman–Crippen MR) is 146 cm³/mol. The topological polar surface area (TPSA) is 34.4 Å². The van der Waals surface area contributed by atoms with E-state index in [4.69, 9.17) is 0 Å². The van der Waals surface area contributed by atoms with Crippen LogP contribution in [0.3, 0.4) is 0 Å². The Morgan fingerprint density at radius 3 is 2.20 bits per heavy atom. The van der Waals surface area contributed by atoms with E-state index in [1.165, 1.54) is 21.8 Å². The SMILES string of the molecule is CS1(=O)=Nc2ccc(-c3ccc4c(c3)c3ccccc3n4-c3ccccc3)cc2-c2ccccc21. The predicted octanol–water partition coefficient (Wildman–Crippen LogP) is 8.22. The van der Waals surface area contributed by atoms with E-state index in [1.54, 1.807) is 6.26 Å². The minimum Gasteiger partial charge on any atom is -0.309 e. The van der Waals surface area contributed by atoms with Gasteiger partial charge in [0.1, 0.15) is 0 Å². The molecule has 0 N–H and O–H groups in total. The first kappa shape index (κ1) is 20.2. The van der Waals surface area contributed by atoms with Gasteiger partial charge < -0.3 is 4.57 Å². The monoisotopic (exact) mass is 470 g/mol. The molecule has 0 radical (unpaired) electrons. The van der Waals surface area contributed by atoms with Crippen molar-refractivity contribution in [3.63, 3.8) is 0 Å². The summed E-state index contributed by atoms with van der Waals surface area (Å²) in [6.45, 7) is 0. The minimum atomic E-state index is -2.44. The summed E-state index contributed by atoms with van der Waals surface area (Å²) in [6, 6.07) is 40.0. The van der Waals surface area contributed by atoms with Crippen LogP contribution < -0.4 is 0 Å². The quantitative estimate of drug-likeness (QED) is 0.251. The Balaban J connectivity index is 1.45. The van der Waals surface area contributed by atoms with Crippen LogP contribution in [-0.4, -0.2) is 15.0 Å². The number of rotatable bonds is 2. The third-order valence-electron chi connectivity index (χ3n) is 6.87. The first-order chi connectivity index (χ1) is 17.1. The van der Waals surface area contributed by atoms with Crippen molar-refractivity contribution < 1.29 is 4.21 Å². The third kappa shape index (κ3) is 3.07. The molecule has 0 fully saturated rings. The van der Waals surface area contributed by atoms with Crippen LogP contribution in [0.15, 0.2) is 125 Å². The molecule has 0 saturated carbocycles. The summed E-state index contributed by atoms with van der Waals surface area (Å²) in [4.78, 5) is 0.811. The Kier molecular flexibility index (Phi) is 4.29. The fraction of sp³-hybridized carbons (Fsp3) is 0.0323. The van der Waals surface area contributed by atoms with Crippen molar-refractivity contribution in [1.29, 1.82) is 0 Å². The van der Waals surface area contributed by atoms with Gasteiger partial charge >= 0.3 is 0 Å². The van der Waals surface area contributed by atoms with Crippen LogP contribution >= 0.6 is 0 Å². The maximum atomic E-state index is 13.2. The summed E-state index contributed by atoms with van der Waals surface area (Å²) in [5.41, 5.74) is 8.64. The molecule has 3 nitrogen and oxygen atoms in total. The Morgan fingerprint density at radius 2 is 1.31 bits per heavy atom. The molecule has 168 valence electrons. The molecule has 0 spiro atoms. The highest BCUT2D eigenvalue weighted by atomic mass is 32.2. The molecule has 0 aliphatic carbocycles. The Labute approximate surface area is 204 Å². The number of hydrogen-bond acceptors (Lipinski definition) is 2. The molecule has 1 unspecified atom stereocenters. The van der Waals surface area contributed by atoms with E-state index in [1.807, 2.05) is 36.4 Å². The number of aromatic nitrogens is 1. The summed E-state index contributed by atoms with van der Waals surface area (Å²) >= 11 is 0. The highest BCUT2D eigenvalue weighted by Crippen LogP contribution is 2.43. The lowest BCUT2D eigenvalue weighted by Crippen LogP contribution is -2.04. The summed E-state index contributed by atoms with van der Waals surface area (Å²) in [7, 11) is -2.44. The summed E-state index contributed by atoms with van der Waals surface area (Å²) < 4.78 is 20.1. The van der Waals surface area contributed by atoms with Crippen LogP contribution in [0.2, 0.25) is 0 Å². The minimum absolute atomic E-state index is 0.793. The smallest absolute Gasteiger partial charge is 0.0812 e. The molecular weight excluding hydrogens is 448 g/mol. The zero-order chi connectivity index (χ0) is 23.6. The lowest BCUT2D eigenvalue weighted by Gasteiger charge is -2.19. The maximum absolute atomic E-state index is 13.2. The van der Waals surface area contributed by atoms with Gasteiger partial charge in [-0.2, -0.15) is 4.36 Å². The fourth-order valence-corrected chi connectivity index (χ4v) is 6.82. The zero-order valence-electron chi connectivity index (χ0n) is 19.2. The van der Waals surface area contributed by atoms with Gasteiger partial charge in [0.2, 0.25) is 0 Å².